The summed E-state index contributed by atoms with van der Waals surface area (Å²) in [4.78, 5) is 0. The molecule has 2 nitrogen and oxygen atoms in total. The van der Waals surface area contributed by atoms with Gasteiger partial charge < -0.3 is 11.5 Å². The fourth-order valence-corrected chi connectivity index (χ4v) is 2.88. The molecule has 0 saturated carbocycles. The summed E-state index contributed by atoms with van der Waals surface area (Å²) in [6, 6.07) is 19.3. The van der Waals surface area contributed by atoms with Gasteiger partial charge in [-0.3, -0.25) is 0 Å². The molecule has 0 saturated heterocycles. The van der Waals surface area contributed by atoms with Crippen LogP contribution in [0.5, 0.6) is 0 Å². The Labute approximate surface area is 119 Å². The van der Waals surface area contributed by atoms with Gasteiger partial charge in [0.05, 0.1) is 0 Å². The fraction of sp³-hybridized carbons (Fsp3) is 0.222. The van der Waals surface area contributed by atoms with Crippen molar-refractivity contribution in [2.75, 3.05) is 6.54 Å². The van der Waals surface area contributed by atoms with Crippen molar-refractivity contribution in [3.8, 4) is 0 Å². The van der Waals surface area contributed by atoms with Crippen molar-refractivity contribution < 1.29 is 0 Å². The second kappa shape index (κ2) is 5.61. The number of hydrogen-bond acceptors (Lipinski definition) is 2. The van der Waals surface area contributed by atoms with E-state index in [1.165, 1.54) is 27.1 Å². The molecule has 4 N–H and O–H groups in total. The van der Waals surface area contributed by atoms with Crippen LogP contribution in [0.25, 0.3) is 21.5 Å². The van der Waals surface area contributed by atoms with Gasteiger partial charge in [-0.25, -0.2) is 0 Å². The highest BCUT2D eigenvalue weighted by Crippen LogP contribution is 2.32. The summed E-state index contributed by atoms with van der Waals surface area (Å²) < 4.78 is 0. The molecule has 3 aromatic carbocycles. The molecule has 3 rings (SSSR count). The van der Waals surface area contributed by atoms with Crippen LogP contribution in [0.3, 0.4) is 0 Å². The van der Waals surface area contributed by atoms with E-state index in [1.807, 2.05) is 0 Å². The maximum Gasteiger partial charge on any atom is 0.0301 e. The lowest BCUT2D eigenvalue weighted by molar-refractivity contribution is 0.622. The molecule has 0 aliphatic heterocycles. The highest BCUT2D eigenvalue weighted by molar-refractivity contribution is 6.09. The third kappa shape index (κ3) is 2.28. The van der Waals surface area contributed by atoms with E-state index in [0.29, 0.717) is 6.54 Å². The maximum atomic E-state index is 6.38. The highest BCUT2D eigenvalue weighted by Gasteiger charge is 2.12. The van der Waals surface area contributed by atoms with Crippen LogP contribution < -0.4 is 11.5 Å². The van der Waals surface area contributed by atoms with Gasteiger partial charge in [0, 0.05) is 6.04 Å². The van der Waals surface area contributed by atoms with E-state index in [4.69, 9.17) is 11.5 Å². The van der Waals surface area contributed by atoms with Gasteiger partial charge >= 0.3 is 0 Å². The van der Waals surface area contributed by atoms with E-state index in [2.05, 4.69) is 54.6 Å². The lowest BCUT2D eigenvalue weighted by atomic mass is 9.92. The topological polar surface area (TPSA) is 52.0 Å². The van der Waals surface area contributed by atoms with Gasteiger partial charge in [-0.15, -0.1) is 0 Å². The summed E-state index contributed by atoms with van der Waals surface area (Å²) in [5.41, 5.74) is 13.2. The smallest absolute Gasteiger partial charge is 0.0301 e. The Bertz CT molecular complexity index is 734. The van der Waals surface area contributed by atoms with E-state index in [-0.39, 0.29) is 6.04 Å². The summed E-state index contributed by atoms with van der Waals surface area (Å²) in [6.45, 7) is 0.694. The molecule has 2 heteroatoms. The second-order valence-corrected chi connectivity index (χ2v) is 5.27. The van der Waals surface area contributed by atoms with Crippen molar-refractivity contribution in [1.82, 2.24) is 0 Å². The number of benzene rings is 3. The van der Waals surface area contributed by atoms with Gasteiger partial charge in [-0.05, 0) is 52.6 Å². The minimum atomic E-state index is 0.0491. The van der Waals surface area contributed by atoms with Crippen LogP contribution in [-0.2, 0) is 0 Å². The zero-order chi connectivity index (χ0) is 13.9. The number of fused-ring (bicyclic) bond motifs is 3. The van der Waals surface area contributed by atoms with Crippen LogP contribution in [0, 0.1) is 0 Å². The minimum absolute atomic E-state index is 0.0491. The highest BCUT2D eigenvalue weighted by atomic mass is 14.6. The lowest BCUT2D eigenvalue weighted by Gasteiger charge is -2.16. The second-order valence-electron chi connectivity index (χ2n) is 5.27. The Morgan fingerprint density at radius 1 is 0.850 bits per heavy atom. The summed E-state index contributed by atoms with van der Waals surface area (Å²) in [5.74, 6) is 0. The van der Waals surface area contributed by atoms with Crippen molar-refractivity contribution in [2.45, 2.75) is 18.9 Å². The fourth-order valence-electron chi connectivity index (χ4n) is 2.88. The first-order valence-corrected chi connectivity index (χ1v) is 7.17. The Morgan fingerprint density at radius 3 is 2.25 bits per heavy atom. The predicted octanol–water partition coefficient (Wildman–Crippen LogP) is 3.73. The van der Waals surface area contributed by atoms with E-state index in [1.54, 1.807) is 0 Å². The van der Waals surface area contributed by atoms with Crippen LogP contribution >= 0.6 is 0 Å². The van der Waals surface area contributed by atoms with Gasteiger partial charge in [0.1, 0.15) is 0 Å². The molecular formula is C18H20N2. The van der Waals surface area contributed by atoms with Crippen molar-refractivity contribution in [3.63, 3.8) is 0 Å². The van der Waals surface area contributed by atoms with Gasteiger partial charge in [0.2, 0.25) is 0 Å². The number of nitrogens with two attached hydrogens (primary N) is 2. The van der Waals surface area contributed by atoms with Gasteiger partial charge in [0.15, 0.2) is 0 Å². The Balaban J connectivity index is 2.23. The normalized spacial score (nSPS) is 12.9. The molecule has 0 aliphatic rings. The molecule has 1 atom stereocenters. The van der Waals surface area contributed by atoms with E-state index in [0.717, 1.165) is 12.8 Å². The molecule has 102 valence electrons. The van der Waals surface area contributed by atoms with E-state index in [9.17, 15) is 0 Å². The third-order valence-electron chi connectivity index (χ3n) is 3.92. The van der Waals surface area contributed by atoms with Gasteiger partial charge in [0.25, 0.3) is 0 Å². The summed E-state index contributed by atoms with van der Waals surface area (Å²) >= 11 is 0. The molecule has 20 heavy (non-hydrogen) atoms. The zero-order valence-corrected chi connectivity index (χ0v) is 11.5. The Kier molecular flexibility index (Phi) is 3.68. The molecule has 0 bridgehead atoms. The van der Waals surface area contributed by atoms with E-state index < -0.39 is 0 Å². The van der Waals surface area contributed by atoms with Crippen molar-refractivity contribution in [1.29, 1.82) is 0 Å². The molecule has 0 heterocycles. The van der Waals surface area contributed by atoms with Gasteiger partial charge in [-0.1, -0.05) is 48.5 Å². The monoisotopic (exact) mass is 264 g/mol. The number of hydrogen-bond donors (Lipinski definition) is 2. The summed E-state index contributed by atoms with van der Waals surface area (Å²) in [5, 5.41) is 5.08. The van der Waals surface area contributed by atoms with Crippen LogP contribution in [0.4, 0.5) is 0 Å². The number of rotatable bonds is 4. The quantitative estimate of drug-likeness (QED) is 0.705. The zero-order valence-electron chi connectivity index (χ0n) is 11.5. The first-order valence-electron chi connectivity index (χ1n) is 7.17. The van der Waals surface area contributed by atoms with Crippen LogP contribution in [0.2, 0.25) is 0 Å². The molecule has 0 fully saturated rings. The Hall–Kier alpha value is -1.90. The summed E-state index contributed by atoms with van der Waals surface area (Å²) in [7, 11) is 0. The molecular weight excluding hydrogens is 244 g/mol. The maximum absolute atomic E-state index is 6.38. The predicted molar refractivity (Wildman–Crippen MR) is 86.7 cm³/mol. The lowest BCUT2D eigenvalue weighted by Crippen LogP contribution is -2.13. The Morgan fingerprint density at radius 2 is 1.50 bits per heavy atom. The van der Waals surface area contributed by atoms with Crippen LogP contribution in [-0.4, -0.2) is 6.54 Å². The molecule has 0 aliphatic carbocycles. The van der Waals surface area contributed by atoms with Crippen molar-refractivity contribution in [3.05, 3.63) is 60.2 Å². The molecule has 0 radical (unpaired) electrons. The van der Waals surface area contributed by atoms with Crippen LogP contribution in [0.15, 0.2) is 54.6 Å². The SMILES string of the molecule is NCCC[C@@H](N)c1cc2ccccc2c2ccccc12. The molecule has 0 unspecified atom stereocenters. The standard InChI is InChI=1S/C18H20N2/c19-11-5-10-18(20)17-12-13-6-1-2-7-14(13)15-8-3-4-9-16(15)17/h1-4,6-9,12,18H,5,10-11,19-20H2/t18-/m1/s1. The average Bonchev–Trinajstić information content (AvgIpc) is 2.52. The van der Waals surface area contributed by atoms with Crippen molar-refractivity contribution >= 4 is 21.5 Å². The minimum Gasteiger partial charge on any atom is -0.330 e. The molecule has 0 aromatic heterocycles. The third-order valence-corrected chi connectivity index (χ3v) is 3.92. The largest absolute Gasteiger partial charge is 0.330 e. The molecule has 0 spiro atoms. The summed E-state index contributed by atoms with van der Waals surface area (Å²) in [6.07, 6.45) is 1.89. The van der Waals surface area contributed by atoms with Gasteiger partial charge in [-0.2, -0.15) is 0 Å². The molecule has 3 aromatic rings. The molecule has 0 amide bonds. The van der Waals surface area contributed by atoms with Crippen molar-refractivity contribution in [2.24, 2.45) is 11.5 Å². The van der Waals surface area contributed by atoms with Crippen LogP contribution in [0.1, 0.15) is 24.4 Å². The van der Waals surface area contributed by atoms with E-state index >= 15 is 0 Å². The average molecular weight is 264 g/mol. The first kappa shape index (κ1) is 13.1. The first-order chi connectivity index (χ1) is 9.81.